The Bertz CT molecular complexity index is 454. The van der Waals surface area contributed by atoms with Crippen LogP contribution in [0, 0.1) is 3.57 Å². The van der Waals surface area contributed by atoms with Crippen molar-refractivity contribution in [2.24, 2.45) is 5.73 Å². The number of halogens is 2. The van der Waals surface area contributed by atoms with Gasteiger partial charge in [0.1, 0.15) is 6.61 Å². The first-order valence-electron chi connectivity index (χ1n) is 5.10. The standard InChI is InChI=1S/C11H12ClIN2O3/c12-7-1-2-9(13)8(5-7)11(17)15-3-4-18-6-10(14)16/h1-2,5H,3-4,6H2,(H2,14,16)(H,15,17). The average Bonchev–Trinajstić information content (AvgIpc) is 2.31. The second-order valence-corrected chi connectivity index (χ2v) is 5.00. The normalized spacial score (nSPS) is 10.1. The molecule has 0 aliphatic rings. The molecule has 0 unspecified atom stereocenters. The largest absolute Gasteiger partial charge is 0.370 e. The van der Waals surface area contributed by atoms with Gasteiger partial charge in [0.15, 0.2) is 0 Å². The van der Waals surface area contributed by atoms with Crippen molar-refractivity contribution >= 4 is 46.0 Å². The van der Waals surface area contributed by atoms with Crippen LogP contribution in [0.2, 0.25) is 5.02 Å². The van der Waals surface area contributed by atoms with Gasteiger partial charge in [0.25, 0.3) is 5.91 Å². The minimum atomic E-state index is -0.536. The van der Waals surface area contributed by atoms with Crippen LogP contribution < -0.4 is 11.1 Å². The summed E-state index contributed by atoms with van der Waals surface area (Å²) < 4.78 is 5.73. The Morgan fingerprint density at radius 2 is 2.17 bits per heavy atom. The first-order chi connectivity index (χ1) is 8.50. The van der Waals surface area contributed by atoms with Crippen molar-refractivity contribution in [2.75, 3.05) is 19.8 Å². The number of ether oxygens (including phenoxy) is 1. The Kier molecular flexibility index (Phi) is 6.37. The van der Waals surface area contributed by atoms with Crippen LogP contribution in [0.15, 0.2) is 18.2 Å². The number of rotatable bonds is 6. The van der Waals surface area contributed by atoms with E-state index in [2.05, 4.69) is 27.9 Å². The lowest BCUT2D eigenvalue weighted by Gasteiger charge is -2.07. The number of benzene rings is 1. The lowest BCUT2D eigenvalue weighted by atomic mass is 10.2. The van der Waals surface area contributed by atoms with Crippen LogP contribution in [0.4, 0.5) is 0 Å². The minimum Gasteiger partial charge on any atom is -0.370 e. The highest BCUT2D eigenvalue weighted by atomic mass is 127. The van der Waals surface area contributed by atoms with E-state index in [1.807, 2.05) is 0 Å². The molecule has 1 rings (SSSR count). The van der Waals surface area contributed by atoms with Gasteiger partial charge < -0.3 is 15.8 Å². The van der Waals surface area contributed by atoms with E-state index in [1.54, 1.807) is 18.2 Å². The molecule has 7 heteroatoms. The first kappa shape index (κ1) is 15.2. The second-order valence-electron chi connectivity index (χ2n) is 3.40. The van der Waals surface area contributed by atoms with Crippen molar-refractivity contribution in [3.05, 3.63) is 32.4 Å². The number of nitrogens with one attached hydrogen (secondary N) is 1. The van der Waals surface area contributed by atoms with Gasteiger partial charge in [-0.1, -0.05) is 11.6 Å². The lowest BCUT2D eigenvalue weighted by molar-refractivity contribution is -0.122. The molecule has 1 aromatic rings. The number of hydrogen-bond donors (Lipinski definition) is 2. The third-order valence-corrected chi connectivity index (χ3v) is 3.13. The van der Waals surface area contributed by atoms with E-state index in [0.29, 0.717) is 17.1 Å². The van der Waals surface area contributed by atoms with Crippen molar-refractivity contribution in [1.82, 2.24) is 5.32 Å². The Balaban J connectivity index is 2.41. The third-order valence-electron chi connectivity index (χ3n) is 1.95. The molecule has 98 valence electrons. The van der Waals surface area contributed by atoms with Crippen LogP contribution in [0.3, 0.4) is 0 Å². The summed E-state index contributed by atoms with van der Waals surface area (Å²) in [6, 6.07) is 5.08. The zero-order chi connectivity index (χ0) is 13.5. The SMILES string of the molecule is NC(=O)COCCNC(=O)c1cc(Cl)ccc1I. The summed E-state index contributed by atoms with van der Waals surface area (Å²) in [5.41, 5.74) is 5.41. The summed E-state index contributed by atoms with van der Waals surface area (Å²) in [5, 5.41) is 3.17. The van der Waals surface area contributed by atoms with E-state index >= 15 is 0 Å². The minimum absolute atomic E-state index is 0.148. The van der Waals surface area contributed by atoms with Crippen molar-refractivity contribution < 1.29 is 14.3 Å². The molecule has 0 atom stereocenters. The smallest absolute Gasteiger partial charge is 0.252 e. The Morgan fingerprint density at radius 1 is 1.44 bits per heavy atom. The molecule has 3 N–H and O–H groups in total. The van der Waals surface area contributed by atoms with Gasteiger partial charge >= 0.3 is 0 Å². The zero-order valence-electron chi connectivity index (χ0n) is 9.41. The number of nitrogens with two attached hydrogens (primary N) is 1. The molecular formula is C11H12ClIN2O3. The van der Waals surface area contributed by atoms with Crippen molar-refractivity contribution in [1.29, 1.82) is 0 Å². The molecule has 0 aliphatic carbocycles. The average molecular weight is 383 g/mol. The molecule has 0 radical (unpaired) electrons. The maximum atomic E-state index is 11.8. The van der Waals surface area contributed by atoms with Crippen molar-refractivity contribution in [3.63, 3.8) is 0 Å². The van der Waals surface area contributed by atoms with Crippen LogP contribution in [-0.4, -0.2) is 31.6 Å². The molecule has 2 amide bonds. The highest BCUT2D eigenvalue weighted by molar-refractivity contribution is 14.1. The molecule has 18 heavy (non-hydrogen) atoms. The fourth-order valence-electron chi connectivity index (χ4n) is 1.18. The molecule has 0 bridgehead atoms. The predicted molar refractivity (Wildman–Crippen MR) is 76.5 cm³/mol. The van der Waals surface area contributed by atoms with E-state index in [0.717, 1.165) is 3.57 Å². The van der Waals surface area contributed by atoms with Crippen LogP contribution in [-0.2, 0) is 9.53 Å². The van der Waals surface area contributed by atoms with Crippen LogP contribution in [0.1, 0.15) is 10.4 Å². The molecular weight excluding hydrogens is 370 g/mol. The summed E-state index contributed by atoms with van der Waals surface area (Å²) in [4.78, 5) is 22.2. The Hall–Kier alpha value is -0.860. The lowest BCUT2D eigenvalue weighted by Crippen LogP contribution is -2.29. The van der Waals surface area contributed by atoms with Gasteiger partial charge in [-0.15, -0.1) is 0 Å². The Morgan fingerprint density at radius 3 is 2.83 bits per heavy atom. The number of amides is 2. The summed E-state index contributed by atoms with van der Waals surface area (Å²) >= 11 is 7.88. The molecule has 5 nitrogen and oxygen atoms in total. The van der Waals surface area contributed by atoms with Gasteiger partial charge in [-0.25, -0.2) is 0 Å². The molecule has 0 aromatic heterocycles. The van der Waals surface area contributed by atoms with Crippen LogP contribution in [0.5, 0.6) is 0 Å². The maximum absolute atomic E-state index is 11.8. The maximum Gasteiger partial charge on any atom is 0.252 e. The molecule has 0 spiro atoms. The molecule has 0 aliphatic heterocycles. The topological polar surface area (TPSA) is 81.4 Å². The molecule has 0 fully saturated rings. The third kappa shape index (κ3) is 5.19. The number of hydrogen-bond acceptors (Lipinski definition) is 3. The molecule has 0 heterocycles. The van der Waals surface area contributed by atoms with Crippen LogP contribution >= 0.6 is 34.2 Å². The van der Waals surface area contributed by atoms with E-state index in [9.17, 15) is 9.59 Å². The predicted octanol–water partition coefficient (Wildman–Crippen LogP) is 1.18. The molecule has 1 aromatic carbocycles. The summed E-state index contributed by atoms with van der Waals surface area (Å²) in [7, 11) is 0. The van der Waals surface area contributed by atoms with Gasteiger partial charge in [0.2, 0.25) is 5.91 Å². The van der Waals surface area contributed by atoms with Gasteiger partial charge in [0, 0.05) is 15.1 Å². The summed E-state index contributed by atoms with van der Waals surface area (Å²) in [5.74, 6) is -0.768. The van der Waals surface area contributed by atoms with Crippen molar-refractivity contribution in [2.45, 2.75) is 0 Å². The fraction of sp³-hybridized carbons (Fsp3) is 0.273. The quantitative estimate of drug-likeness (QED) is 0.572. The molecule has 0 saturated carbocycles. The molecule has 0 saturated heterocycles. The van der Waals surface area contributed by atoms with Gasteiger partial charge in [-0.3, -0.25) is 9.59 Å². The van der Waals surface area contributed by atoms with E-state index in [-0.39, 0.29) is 19.1 Å². The second kappa shape index (κ2) is 7.55. The highest BCUT2D eigenvalue weighted by Gasteiger charge is 2.09. The van der Waals surface area contributed by atoms with Gasteiger partial charge in [-0.05, 0) is 40.8 Å². The first-order valence-corrected chi connectivity index (χ1v) is 6.55. The number of carbonyl (C=O) groups excluding carboxylic acids is 2. The number of carbonyl (C=O) groups is 2. The summed E-state index contributed by atoms with van der Waals surface area (Å²) in [6.07, 6.45) is 0. The number of primary amides is 1. The van der Waals surface area contributed by atoms with Gasteiger partial charge in [-0.2, -0.15) is 0 Å². The summed E-state index contributed by atoms with van der Waals surface area (Å²) in [6.45, 7) is 0.380. The fourth-order valence-corrected chi connectivity index (χ4v) is 1.93. The van der Waals surface area contributed by atoms with E-state index < -0.39 is 5.91 Å². The zero-order valence-corrected chi connectivity index (χ0v) is 12.3. The Labute approximate surface area is 123 Å². The van der Waals surface area contributed by atoms with Crippen LogP contribution in [0.25, 0.3) is 0 Å². The highest BCUT2D eigenvalue weighted by Crippen LogP contribution is 2.17. The van der Waals surface area contributed by atoms with Crippen molar-refractivity contribution in [3.8, 4) is 0 Å². The van der Waals surface area contributed by atoms with Gasteiger partial charge in [0.05, 0.1) is 12.2 Å². The van der Waals surface area contributed by atoms with E-state index in [1.165, 1.54) is 0 Å². The monoisotopic (exact) mass is 382 g/mol. The van der Waals surface area contributed by atoms with E-state index in [4.69, 9.17) is 22.1 Å².